The molecule has 4 aliphatic rings. The van der Waals surface area contributed by atoms with Gasteiger partial charge in [0, 0.05) is 5.02 Å². The molecule has 1 nitrogen and oxygen atoms in total. The van der Waals surface area contributed by atoms with Crippen LogP contribution >= 0.6 is 11.6 Å². The highest BCUT2D eigenvalue weighted by atomic mass is 35.5. The fourth-order valence-electron chi connectivity index (χ4n) is 5.81. The van der Waals surface area contributed by atoms with E-state index < -0.39 is 0 Å². The lowest BCUT2D eigenvalue weighted by Gasteiger charge is -2.55. The molecule has 2 heteroatoms. The molecule has 1 aromatic carbocycles. The normalized spacial score (nSPS) is 38.8. The van der Waals surface area contributed by atoms with Crippen molar-refractivity contribution in [2.24, 2.45) is 29.6 Å². The van der Waals surface area contributed by atoms with Crippen molar-refractivity contribution in [2.45, 2.75) is 52.1 Å². The number of rotatable bonds is 2. The first-order chi connectivity index (χ1) is 10.0. The Hall–Kier alpha value is -0.530. The minimum absolute atomic E-state index is 0.295. The van der Waals surface area contributed by atoms with E-state index in [0.717, 1.165) is 45.4 Å². The molecular weight excluding hydrogens is 280 g/mol. The Morgan fingerprint density at radius 2 is 1.52 bits per heavy atom. The highest BCUT2D eigenvalue weighted by molar-refractivity contribution is 6.31. The Labute approximate surface area is 132 Å². The van der Waals surface area contributed by atoms with Gasteiger partial charge in [0.05, 0.1) is 6.10 Å². The van der Waals surface area contributed by atoms with E-state index >= 15 is 0 Å². The van der Waals surface area contributed by atoms with E-state index in [-0.39, 0.29) is 6.10 Å². The molecule has 4 bridgehead atoms. The molecule has 114 valence electrons. The fraction of sp³-hybridized carbons (Fsp3) is 0.684. The SMILES string of the molecule is Cc1cc(C(O)C2C3CC4CC(C3)CC2C4)c(C)cc1Cl. The molecule has 0 heterocycles. The molecular formula is C19H25ClO. The zero-order chi connectivity index (χ0) is 14.7. The van der Waals surface area contributed by atoms with E-state index in [9.17, 15) is 5.11 Å². The van der Waals surface area contributed by atoms with Crippen LogP contribution in [0.4, 0.5) is 0 Å². The second kappa shape index (κ2) is 4.99. The number of aliphatic hydroxyl groups excluding tert-OH is 1. The zero-order valence-electron chi connectivity index (χ0n) is 13.0. The van der Waals surface area contributed by atoms with Crippen LogP contribution in [0.15, 0.2) is 12.1 Å². The summed E-state index contributed by atoms with van der Waals surface area (Å²) in [6.07, 6.45) is 6.62. The van der Waals surface area contributed by atoms with E-state index in [2.05, 4.69) is 13.0 Å². The lowest BCUT2D eigenvalue weighted by atomic mass is 9.50. The fourth-order valence-corrected chi connectivity index (χ4v) is 6.03. The molecule has 0 radical (unpaired) electrons. The molecule has 0 saturated heterocycles. The standard InChI is InChI=1S/C19H25ClO/c1-10-4-17(20)11(2)3-16(10)19(21)18-14-6-12-5-13(8-14)9-15(18)7-12/h3-4,12-15,18-19,21H,5-9H2,1-2H3. The van der Waals surface area contributed by atoms with Crippen LogP contribution in [0.1, 0.15) is 54.9 Å². The van der Waals surface area contributed by atoms with Gasteiger partial charge in [0.2, 0.25) is 0 Å². The Kier molecular flexibility index (Phi) is 3.35. The summed E-state index contributed by atoms with van der Waals surface area (Å²) in [4.78, 5) is 0. The van der Waals surface area contributed by atoms with Crippen LogP contribution in [0.2, 0.25) is 5.02 Å². The monoisotopic (exact) mass is 304 g/mol. The summed E-state index contributed by atoms with van der Waals surface area (Å²) in [5.41, 5.74) is 3.35. The van der Waals surface area contributed by atoms with Crippen molar-refractivity contribution in [3.8, 4) is 0 Å². The van der Waals surface area contributed by atoms with Gasteiger partial charge in [0.25, 0.3) is 0 Å². The Morgan fingerprint density at radius 1 is 0.952 bits per heavy atom. The van der Waals surface area contributed by atoms with Crippen LogP contribution in [-0.4, -0.2) is 5.11 Å². The predicted molar refractivity (Wildman–Crippen MR) is 86.4 cm³/mol. The molecule has 5 rings (SSSR count). The van der Waals surface area contributed by atoms with Crippen LogP contribution in [0, 0.1) is 43.4 Å². The number of hydrogen-bond donors (Lipinski definition) is 1. The maximum atomic E-state index is 11.1. The lowest BCUT2D eigenvalue weighted by molar-refractivity contribution is -0.0909. The average molecular weight is 305 g/mol. The molecule has 0 aromatic heterocycles. The van der Waals surface area contributed by atoms with Crippen LogP contribution in [0.5, 0.6) is 0 Å². The molecule has 4 saturated carbocycles. The van der Waals surface area contributed by atoms with E-state index in [1.54, 1.807) is 0 Å². The Bertz CT molecular complexity index is 537. The van der Waals surface area contributed by atoms with Crippen LogP contribution in [0.3, 0.4) is 0 Å². The topological polar surface area (TPSA) is 20.2 Å². The highest BCUT2D eigenvalue weighted by Crippen LogP contribution is 2.59. The van der Waals surface area contributed by atoms with Gasteiger partial charge in [-0.2, -0.15) is 0 Å². The predicted octanol–water partition coefficient (Wildman–Crippen LogP) is 5.06. The van der Waals surface area contributed by atoms with Crippen molar-refractivity contribution in [1.29, 1.82) is 0 Å². The van der Waals surface area contributed by atoms with Gasteiger partial charge in [0.15, 0.2) is 0 Å². The summed E-state index contributed by atoms with van der Waals surface area (Å²) in [6, 6.07) is 4.14. The Morgan fingerprint density at radius 3 is 2.10 bits per heavy atom. The van der Waals surface area contributed by atoms with Crippen molar-refractivity contribution in [3.63, 3.8) is 0 Å². The number of aliphatic hydroxyl groups is 1. The van der Waals surface area contributed by atoms with E-state index in [1.807, 2.05) is 13.0 Å². The van der Waals surface area contributed by atoms with Gasteiger partial charge in [0.1, 0.15) is 0 Å². The van der Waals surface area contributed by atoms with E-state index in [4.69, 9.17) is 11.6 Å². The van der Waals surface area contributed by atoms with E-state index in [0.29, 0.717) is 5.92 Å². The first-order valence-electron chi connectivity index (χ1n) is 8.47. The number of halogens is 1. The van der Waals surface area contributed by atoms with Gasteiger partial charge in [-0.25, -0.2) is 0 Å². The van der Waals surface area contributed by atoms with Crippen molar-refractivity contribution in [2.75, 3.05) is 0 Å². The third-order valence-corrected chi connectivity index (χ3v) is 6.94. The van der Waals surface area contributed by atoms with Crippen molar-refractivity contribution < 1.29 is 5.11 Å². The Balaban J connectivity index is 1.66. The molecule has 1 N–H and O–H groups in total. The third kappa shape index (κ3) is 2.24. The smallest absolute Gasteiger partial charge is 0.0826 e. The maximum absolute atomic E-state index is 11.1. The highest BCUT2D eigenvalue weighted by Gasteiger charge is 2.50. The maximum Gasteiger partial charge on any atom is 0.0826 e. The summed E-state index contributed by atoms with van der Waals surface area (Å²) < 4.78 is 0. The van der Waals surface area contributed by atoms with Crippen molar-refractivity contribution in [1.82, 2.24) is 0 Å². The molecule has 21 heavy (non-hydrogen) atoms. The van der Waals surface area contributed by atoms with E-state index in [1.165, 1.54) is 32.1 Å². The number of hydrogen-bond acceptors (Lipinski definition) is 1. The average Bonchev–Trinajstić information content (AvgIpc) is 2.41. The first kappa shape index (κ1) is 14.1. The third-order valence-electron chi connectivity index (χ3n) is 6.53. The molecule has 0 spiro atoms. The molecule has 0 aliphatic heterocycles. The molecule has 1 atom stereocenters. The van der Waals surface area contributed by atoms with Gasteiger partial charge >= 0.3 is 0 Å². The van der Waals surface area contributed by atoms with Crippen molar-refractivity contribution in [3.05, 3.63) is 33.8 Å². The molecule has 0 amide bonds. The van der Waals surface area contributed by atoms with Crippen LogP contribution < -0.4 is 0 Å². The minimum Gasteiger partial charge on any atom is -0.388 e. The summed E-state index contributed by atoms with van der Waals surface area (Å²) in [6.45, 7) is 4.12. The van der Waals surface area contributed by atoms with Crippen LogP contribution in [-0.2, 0) is 0 Å². The summed E-state index contributed by atoms with van der Waals surface area (Å²) in [7, 11) is 0. The van der Waals surface area contributed by atoms with Crippen molar-refractivity contribution >= 4 is 11.6 Å². The number of benzene rings is 1. The van der Waals surface area contributed by atoms with Crippen LogP contribution in [0.25, 0.3) is 0 Å². The zero-order valence-corrected chi connectivity index (χ0v) is 13.7. The lowest BCUT2D eigenvalue weighted by Crippen LogP contribution is -2.47. The molecule has 4 fully saturated rings. The van der Waals surface area contributed by atoms with Gasteiger partial charge in [-0.05, 0) is 98.3 Å². The first-order valence-corrected chi connectivity index (χ1v) is 8.85. The summed E-state index contributed by atoms with van der Waals surface area (Å²) >= 11 is 6.22. The summed E-state index contributed by atoms with van der Waals surface area (Å²) in [5, 5.41) is 11.9. The number of aryl methyl sites for hydroxylation is 2. The second-order valence-corrected chi connectivity index (χ2v) is 8.32. The van der Waals surface area contributed by atoms with Gasteiger partial charge in [-0.1, -0.05) is 17.7 Å². The molecule has 1 aromatic rings. The molecule has 4 aliphatic carbocycles. The van der Waals surface area contributed by atoms with Gasteiger partial charge < -0.3 is 5.11 Å². The molecule has 1 unspecified atom stereocenters. The van der Waals surface area contributed by atoms with Gasteiger partial charge in [-0.3, -0.25) is 0 Å². The quantitative estimate of drug-likeness (QED) is 0.809. The summed E-state index contributed by atoms with van der Waals surface area (Å²) in [5.74, 6) is 3.92. The minimum atomic E-state index is -0.295. The largest absolute Gasteiger partial charge is 0.388 e. The second-order valence-electron chi connectivity index (χ2n) is 7.91. The van der Waals surface area contributed by atoms with Gasteiger partial charge in [-0.15, -0.1) is 0 Å².